The van der Waals surface area contributed by atoms with Crippen molar-refractivity contribution >= 4 is 5.91 Å². The van der Waals surface area contributed by atoms with E-state index in [2.05, 4.69) is 27.2 Å². The quantitative estimate of drug-likeness (QED) is 0.813. The second-order valence-electron chi connectivity index (χ2n) is 7.62. The van der Waals surface area contributed by atoms with Crippen molar-refractivity contribution in [2.75, 3.05) is 39.8 Å². The molecule has 5 nitrogen and oxygen atoms in total. The second-order valence-corrected chi connectivity index (χ2v) is 7.62. The highest BCUT2D eigenvalue weighted by Crippen LogP contribution is 2.17. The number of benzene rings is 1. The number of hydrogen-bond acceptors (Lipinski definition) is 4. The molecule has 5 heteroatoms. The fourth-order valence-electron chi connectivity index (χ4n) is 3.97. The van der Waals surface area contributed by atoms with Gasteiger partial charge in [0, 0.05) is 51.7 Å². The fraction of sp³-hybridized carbons (Fsp3) is 0.667. The minimum Gasteiger partial charge on any atom is -0.497 e. The Balaban J connectivity index is 1.32. The first-order valence-electron chi connectivity index (χ1n) is 10.1. The van der Waals surface area contributed by atoms with Gasteiger partial charge in [0.05, 0.1) is 7.11 Å². The zero-order valence-electron chi connectivity index (χ0n) is 16.1. The highest BCUT2D eigenvalue weighted by Gasteiger charge is 2.19. The molecule has 0 bridgehead atoms. The van der Waals surface area contributed by atoms with Crippen LogP contribution in [-0.2, 0) is 11.3 Å². The summed E-state index contributed by atoms with van der Waals surface area (Å²) in [6.07, 6.45) is 6.82. The number of piperazine rings is 1. The summed E-state index contributed by atoms with van der Waals surface area (Å²) in [6, 6.07) is 8.76. The molecule has 0 aromatic heterocycles. The van der Waals surface area contributed by atoms with Crippen molar-refractivity contribution in [2.45, 2.75) is 51.1 Å². The molecular formula is C21H33N3O2. The lowest BCUT2D eigenvalue weighted by molar-refractivity contribution is -0.122. The van der Waals surface area contributed by atoms with E-state index in [0.717, 1.165) is 57.9 Å². The van der Waals surface area contributed by atoms with Crippen LogP contribution in [0.1, 0.15) is 44.1 Å². The Morgan fingerprint density at radius 2 is 1.69 bits per heavy atom. The molecule has 1 aromatic rings. The molecule has 26 heavy (non-hydrogen) atoms. The molecule has 1 aliphatic heterocycles. The number of hydrogen-bond donors (Lipinski definition) is 1. The Morgan fingerprint density at radius 3 is 2.35 bits per heavy atom. The smallest absolute Gasteiger partial charge is 0.221 e. The van der Waals surface area contributed by atoms with Gasteiger partial charge in [-0.2, -0.15) is 0 Å². The third-order valence-electron chi connectivity index (χ3n) is 5.66. The fourth-order valence-corrected chi connectivity index (χ4v) is 3.97. The average Bonchev–Trinajstić information content (AvgIpc) is 2.69. The normalized spacial score (nSPS) is 20.0. The van der Waals surface area contributed by atoms with E-state index in [1.807, 2.05) is 12.1 Å². The van der Waals surface area contributed by atoms with Crippen molar-refractivity contribution in [3.63, 3.8) is 0 Å². The van der Waals surface area contributed by atoms with Gasteiger partial charge in [-0.05, 0) is 30.5 Å². The van der Waals surface area contributed by atoms with E-state index in [4.69, 9.17) is 4.74 Å². The summed E-state index contributed by atoms with van der Waals surface area (Å²) < 4.78 is 5.21. The van der Waals surface area contributed by atoms with Crippen molar-refractivity contribution in [3.05, 3.63) is 29.8 Å². The van der Waals surface area contributed by atoms with Crippen molar-refractivity contribution in [1.29, 1.82) is 0 Å². The zero-order valence-corrected chi connectivity index (χ0v) is 16.1. The van der Waals surface area contributed by atoms with E-state index in [-0.39, 0.29) is 5.91 Å². The standard InChI is InChI=1S/C21H33N3O2/c1-26-20-9-7-18(8-10-20)17-24-15-13-23(14-16-24)12-11-21(25)22-19-5-3-2-4-6-19/h7-10,19H,2-6,11-17H2,1H3,(H,22,25). The van der Waals surface area contributed by atoms with Gasteiger partial charge in [0.15, 0.2) is 0 Å². The molecule has 1 amide bonds. The van der Waals surface area contributed by atoms with Crippen molar-refractivity contribution in [2.24, 2.45) is 0 Å². The topological polar surface area (TPSA) is 44.8 Å². The molecule has 1 aromatic carbocycles. The SMILES string of the molecule is COc1ccc(CN2CCN(CCC(=O)NC3CCCCC3)CC2)cc1. The molecule has 2 fully saturated rings. The summed E-state index contributed by atoms with van der Waals surface area (Å²) in [5, 5.41) is 3.22. The van der Waals surface area contributed by atoms with Crippen LogP contribution in [0, 0.1) is 0 Å². The lowest BCUT2D eigenvalue weighted by Crippen LogP contribution is -2.47. The maximum Gasteiger partial charge on any atom is 0.221 e. The molecule has 2 aliphatic rings. The third-order valence-corrected chi connectivity index (χ3v) is 5.66. The number of methoxy groups -OCH3 is 1. The molecule has 1 saturated carbocycles. The predicted octanol–water partition coefficient (Wildman–Crippen LogP) is 2.65. The van der Waals surface area contributed by atoms with Crippen LogP contribution in [0.4, 0.5) is 0 Å². The first kappa shape index (κ1) is 19.2. The van der Waals surface area contributed by atoms with Crippen molar-refractivity contribution < 1.29 is 9.53 Å². The lowest BCUT2D eigenvalue weighted by Gasteiger charge is -2.34. The van der Waals surface area contributed by atoms with E-state index in [1.54, 1.807) is 7.11 Å². The van der Waals surface area contributed by atoms with Crippen LogP contribution in [0.2, 0.25) is 0 Å². The van der Waals surface area contributed by atoms with Gasteiger partial charge in [-0.25, -0.2) is 0 Å². The molecule has 0 atom stereocenters. The van der Waals surface area contributed by atoms with Gasteiger partial charge in [-0.1, -0.05) is 31.4 Å². The van der Waals surface area contributed by atoms with Gasteiger partial charge in [0.1, 0.15) is 5.75 Å². The zero-order chi connectivity index (χ0) is 18.2. The monoisotopic (exact) mass is 359 g/mol. The number of ether oxygens (including phenoxy) is 1. The number of amides is 1. The Bertz CT molecular complexity index is 547. The van der Waals surface area contributed by atoms with Gasteiger partial charge in [-0.15, -0.1) is 0 Å². The number of rotatable bonds is 7. The van der Waals surface area contributed by atoms with E-state index in [0.29, 0.717) is 12.5 Å². The van der Waals surface area contributed by atoms with Crippen LogP contribution < -0.4 is 10.1 Å². The van der Waals surface area contributed by atoms with Crippen LogP contribution in [0.3, 0.4) is 0 Å². The summed E-state index contributed by atoms with van der Waals surface area (Å²) >= 11 is 0. The highest BCUT2D eigenvalue weighted by atomic mass is 16.5. The summed E-state index contributed by atoms with van der Waals surface area (Å²) in [5.74, 6) is 1.14. The van der Waals surface area contributed by atoms with E-state index >= 15 is 0 Å². The average molecular weight is 360 g/mol. The summed E-state index contributed by atoms with van der Waals surface area (Å²) in [4.78, 5) is 17.1. The summed E-state index contributed by atoms with van der Waals surface area (Å²) in [6.45, 7) is 6.10. The molecule has 1 heterocycles. The molecule has 144 valence electrons. The third kappa shape index (κ3) is 5.99. The van der Waals surface area contributed by atoms with Crippen LogP contribution in [0.15, 0.2) is 24.3 Å². The first-order chi connectivity index (χ1) is 12.7. The minimum atomic E-state index is 0.234. The summed E-state index contributed by atoms with van der Waals surface area (Å²) in [7, 11) is 1.70. The largest absolute Gasteiger partial charge is 0.497 e. The van der Waals surface area contributed by atoms with Crippen LogP contribution >= 0.6 is 0 Å². The number of nitrogens with zero attached hydrogens (tertiary/aromatic N) is 2. The molecule has 3 rings (SSSR count). The highest BCUT2D eigenvalue weighted by molar-refractivity contribution is 5.76. The molecule has 0 spiro atoms. The van der Waals surface area contributed by atoms with Crippen molar-refractivity contribution in [3.8, 4) is 5.75 Å². The van der Waals surface area contributed by atoms with Gasteiger partial charge in [-0.3, -0.25) is 9.69 Å². The Morgan fingerprint density at radius 1 is 1.04 bits per heavy atom. The molecule has 1 N–H and O–H groups in total. The van der Waals surface area contributed by atoms with Gasteiger partial charge < -0.3 is 15.0 Å². The number of carbonyl (C=O) groups is 1. The Hall–Kier alpha value is -1.59. The van der Waals surface area contributed by atoms with Crippen LogP contribution in [0.25, 0.3) is 0 Å². The number of carbonyl (C=O) groups excluding carboxylic acids is 1. The second kappa shape index (κ2) is 9.93. The van der Waals surface area contributed by atoms with E-state index in [9.17, 15) is 4.79 Å². The van der Waals surface area contributed by atoms with E-state index in [1.165, 1.54) is 24.8 Å². The lowest BCUT2D eigenvalue weighted by atomic mass is 9.95. The molecular weight excluding hydrogens is 326 g/mol. The maximum absolute atomic E-state index is 12.2. The van der Waals surface area contributed by atoms with Crippen molar-refractivity contribution in [1.82, 2.24) is 15.1 Å². The molecule has 1 aliphatic carbocycles. The molecule has 0 unspecified atom stereocenters. The predicted molar refractivity (Wildman–Crippen MR) is 104 cm³/mol. The van der Waals surface area contributed by atoms with E-state index < -0.39 is 0 Å². The summed E-state index contributed by atoms with van der Waals surface area (Å²) in [5.41, 5.74) is 1.33. The number of nitrogens with one attached hydrogen (secondary N) is 1. The Kier molecular flexibility index (Phi) is 7.32. The van der Waals surface area contributed by atoms with Gasteiger partial charge >= 0.3 is 0 Å². The minimum absolute atomic E-state index is 0.234. The van der Waals surface area contributed by atoms with Gasteiger partial charge in [0.2, 0.25) is 5.91 Å². The molecule has 0 radical (unpaired) electrons. The van der Waals surface area contributed by atoms with Gasteiger partial charge in [0.25, 0.3) is 0 Å². The maximum atomic E-state index is 12.2. The van der Waals surface area contributed by atoms with Crippen LogP contribution in [-0.4, -0.2) is 61.6 Å². The Labute approximate surface area is 157 Å². The first-order valence-corrected chi connectivity index (χ1v) is 10.1. The molecule has 1 saturated heterocycles. The van der Waals surface area contributed by atoms with Crippen LogP contribution in [0.5, 0.6) is 5.75 Å².